The van der Waals surface area contributed by atoms with Gasteiger partial charge < -0.3 is 14.6 Å². The van der Waals surface area contributed by atoms with Crippen LogP contribution in [0.15, 0.2) is 52.1 Å². The van der Waals surface area contributed by atoms with Crippen LogP contribution in [-0.2, 0) is 11.3 Å². The number of thioether (sulfide) groups is 1. The number of nitro benzene ring substituents is 1. The Bertz CT molecular complexity index is 1090. The number of carbonyl (C=O) groups is 1. The number of hydrogen-bond donors (Lipinski definition) is 1. The third-order valence-corrected chi connectivity index (χ3v) is 5.81. The van der Waals surface area contributed by atoms with Crippen LogP contribution in [0.5, 0.6) is 5.75 Å². The summed E-state index contributed by atoms with van der Waals surface area (Å²) in [5, 5.41) is 22.7. The minimum absolute atomic E-state index is 0.0915. The number of aromatic nitrogens is 3. The molecule has 1 heterocycles. The molecule has 0 saturated carbocycles. The molecule has 0 fully saturated rings. The predicted octanol–water partition coefficient (Wildman–Crippen LogP) is 4.38. The van der Waals surface area contributed by atoms with Crippen LogP contribution in [-0.4, -0.2) is 38.5 Å². The maximum absolute atomic E-state index is 12.4. The molecule has 1 N–H and O–H groups in total. The summed E-state index contributed by atoms with van der Waals surface area (Å²) in [5.74, 6) is 0.731. The molecule has 0 radical (unpaired) electrons. The van der Waals surface area contributed by atoms with Crippen molar-refractivity contribution in [3.63, 3.8) is 0 Å². The Morgan fingerprint density at radius 1 is 1.30 bits per heavy atom. The van der Waals surface area contributed by atoms with E-state index in [9.17, 15) is 14.9 Å². The Kier molecular flexibility index (Phi) is 7.06. The molecule has 1 aromatic heterocycles. The highest BCUT2D eigenvalue weighted by Crippen LogP contribution is 2.31. The van der Waals surface area contributed by atoms with Crippen molar-refractivity contribution in [2.75, 3.05) is 18.2 Å². The summed E-state index contributed by atoms with van der Waals surface area (Å²) in [6.07, 6.45) is 0. The topological polar surface area (TPSA) is 112 Å². The number of rotatable bonds is 8. The van der Waals surface area contributed by atoms with Gasteiger partial charge in [0.2, 0.25) is 5.91 Å². The quantitative estimate of drug-likeness (QED) is 0.282. The molecule has 3 rings (SSSR count). The number of amides is 1. The van der Waals surface area contributed by atoms with E-state index in [2.05, 4.69) is 31.4 Å². The van der Waals surface area contributed by atoms with Crippen LogP contribution in [0.3, 0.4) is 0 Å². The van der Waals surface area contributed by atoms with E-state index in [4.69, 9.17) is 4.74 Å². The number of methoxy groups -OCH3 is 1. The number of nitrogens with zero attached hydrogens (tertiary/aromatic N) is 4. The molecule has 0 bridgehead atoms. The summed E-state index contributed by atoms with van der Waals surface area (Å²) in [5.41, 5.74) is 1.16. The lowest BCUT2D eigenvalue weighted by Crippen LogP contribution is -2.15. The first-order valence-electron chi connectivity index (χ1n) is 8.87. The molecule has 2 aromatic carbocycles. The van der Waals surface area contributed by atoms with E-state index in [-0.39, 0.29) is 23.1 Å². The average molecular weight is 492 g/mol. The van der Waals surface area contributed by atoms with Crippen molar-refractivity contribution < 1.29 is 14.5 Å². The van der Waals surface area contributed by atoms with Gasteiger partial charge in [-0.15, -0.1) is 10.2 Å². The SMILES string of the molecule is CCn1c(SCC(=O)Nc2ccc([N+](=O)[O-])cc2OC)nnc1-c1ccccc1Br. The number of nitro groups is 1. The zero-order chi connectivity index (χ0) is 21.7. The van der Waals surface area contributed by atoms with E-state index in [1.165, 1.54) is 37.1 Å². The van der Waals surface area contributed by atoms with Crippen molar-refractivity contribution in [2.24, 2.45) is 0 Å². The summed E-state index contributed by atoms with van der Waals surface area (Å²) in [4.78, 5) is 22.8. The Morgan fingerprint density at radius 3 is 2.73 bits per heavy atom. The number of non-ortho nitro benzene ring substituents is 1. The maximum atomic E-state index is 12.4. The van der Waals surface area contributed by atoms with E-state index in [1.54, 1.807) is 0 Å². The van der Waals surface area contributed by atoms with E-state index in [0.29, 0.717) is 23.2 Å². The number of halogens is 1. The van der Waals surface area contributed by atoms with Gasteiger partial charge in [0.15, 0.2) is 11.0 Å². The van der Waals surface area contributed by atoms with Crippen LogP contribution in [0.4, 0.5) is 11.4 Å². The summed E-state index contributed by atoms with van der Waals surface area (Å²) < 4.78 is 7.99. The monoisotopic (exact) mass is 491 g/mol. The molecule has 0 saturated heterocycles. The van der Waals surface area contributed by atoms with Gasteiger partial charge in [0.25, 0.3) is 5.69 Å². The molecule has 11 heteroatoms. The van der Waals surface area contributed by atoms with Gasteiger partial charge in [-0.1, -0.05) is 45.9 Å². The molecular formula is C19H18BrN5O4S. The average Bonchev–Trinajstić information content (AvgIpc) is 3.15. The first kappa shape index (κ1) is 21.8. The molecule has 0 unspecified atom stereocenters. The van der Waals surface area contributed by atoms with Gasteiger partial charge in [0.1, 0.15) is 5.75 Å². The molecule has 0 spiro atoms. The smallest absolute Gasteiger partial charge is 0.273 e. The van der Waals surface area contributed by atoms with E-state index in [1.807, 2.05) is 35.8 Å². The lowest BCUT2D eigenvalue weighted by Gasteiger charge is -2.10. The zero-order valence-electron chi connectivity index (χ0n) is 16.2. The van der Waals surface area contributed by atoms with Crippen LogP contribution in [0.2, 0.25) is 0 Å². The Hall–Kier alpha value is -2.92. The predicted molar refractivity (Wildman–Crippen MR) is 118 cm³/mol. The van der Waals surface area contributed by atoms with Crippen molar-refractivity contribution in [3.05, 3.63) is 57.1 Å². The largest absolute Gasteiger partial charge is 0.494 e. The van der Waals surface area contributed by atoms with Crippen molar-refractivity contribution in [1.82, 2.24) is 14.8 Å². The van der Waals surface area contributed by atoms with Gasteiger partial charge in [-0.25, -0.2) is 0 Å². The highest BCUT2D eigenvalue weighted by atomic mass is 79.9. The third-order valence-electron chi connectivity index (χ3n) is 4.15. The Balaban J connectivity index is 1.71. The van der Waals surface area contributed by atoms with E-state index >= 15 is 0 Å². The summed E-state index contributed by atoms with van der Waals surface area (Å²) >= 11 is 4.78. The molecule has 0 aliphatic heterocycles. The van der Waals surface area contributed by atoms with Crippen molar-refractivity contribution in [2.45, 2.75) is 18.6 Å². The van der Waals surface area contributed by atoms with Gasteiger partial charge in [-0.05, 0) is 19.1 Å². The molecule has 0 atom stereocenters. The Labute approximate surface area is 185 Å². The van der Waals surface area contributed by atoms with Crippen molar-refractivity contribution >= 4 is 45.0 Å². The normalized spacial score (nSPS) is 10.6. The molecular weight excluding hydrogens is 474 g/mol. The second-order valence-electron chi connectivity index (χ2n) is 6.01. The van der Waals surface area contributed by atoms with Crippen molar-refractivity contribution in [1.29, 1.82) is 0 Å². The lowest BCUT2D eigenvalue weighted by molar-refractivity contribution is -0.384. The van der Waals surface area contributed by atoms with Crippen LogP contribution in [0, 0.1) is 10.1 Å². The molecule has 0 aliphatic carbocycles. The van der Waals surface area contributed by atoms with E-state index < -0.39 is 4.92 Å². The highest BCUT2D eigenvalue weighted by molar-refractivity contribution is 9.10. The number of carbonyl (C=O) groups excluding carboxylic acids is 1. The molecule has 30 heavy (non-hydrogen) atoms. The van der Waals surface area contributed by atoms with Crippen molar-refractivity contribution in [3.8, 4) is 17.1 Å². The summed E-state index contributed by atoms with van der Waals surface area (Å²) in [6, 6.07) is 11.7. The minimum atomic E-state index is -0.524. The second kappa shape index (κ2) is 9.72. The van der Waals surface area contributed by atoms with Gasteiger partial charge in [0.05, 0.1) is 29.5 Å². The van der Waals surface area contributed by atoms with Gasteiger partial charge >= 0.3 is 0 Å². The summed E-state index contributed by atoms with van der Waals surface area (Å²) in [7, 11) is 1.39. The highest BCUT2D eigenvalue weighted by Gasteiger charge is 2.17. The molecule has 156 valence electrons. The molecule has 0 aliphatic rings. The molecule has 1 amide bonds. The molecule has 9 nitrogen and oxygen atoms in total. The second-order valence-corrected chi connectivity index (χ2v) is 7.81. The fraction of sp³-hybridized carbons (Fsp3) is 0.211. The van der Waals surface area contributed by atoms with Crippen LogP contribution in [0.1, 0.15) is 6.92 Å². The fourth-order valence-electron chi connectivity index (χ4n) is 2.74. The lowest BCUT2D eigenvalue weighted by atomic mass is 10.2. The van der Waals surface area contributed by atoms with Gasteiger partial charge in [0, 0.05) is 22.6 Å². The first-order valence-corrected chi connectivity index (χ1v) is 10.7. The number of ether oxygens (including phenoxy) is 1. The fourth-order valence-corrected chi connectivity index (χ4v) is 4.00. The molecule has 3 aromatic rings. The van der Waals surface area contributed by atoms with Crippen LogP contribution in [0.25, 0.3) is 11.4 Å². The third kappa shape index (κ3) is 4.79. The van der Waals surface area contributed by atoms with Gasteiger partial charge in [-0.2, -0.15) is 0 Å². The number of hydrogen-bond acceptors (Lipinski definition) is 7. The number of anilines is 1. The van der Waals surface area contributed by atoms with Crippen LogP contribution < -0.4 is 10.1 Å². The van der Waals surface area contributed by atoms with Crippen LogP contribution >= 0.6 is 27.7 Å². The maximum Gasteiger partial charge on any atom is 0.273 e. The van der Waals surface area contributed by atoms with Gasteiger partial charge in [-0.3, -0.25) is 14.9 Å². The summed E-state index contributed by atoms with van der Waals surface area (Å²) in [6.45, 7) is 2.62. The number of nitrogens with one attached hydrogen (secondary N) is 1. The first-order chi connectivity index (χ1) is 14.4. The number of benzene rings is 2. The van der Waals surface area contributed by atoms with E-state index in [0.717, 1.165) is 10.0 Å². The zero-order valence-corrected chi connectivity index (χ0v) is 18.6. The standard InChI is InChI=1S/C19H18BrN5O4S/c1-3-24-18(13-6-4-5-7-14(13)20)22-23-19(24)30-11-17(26)21-15-9-8-12(25(27)28)10-16(15)29-2/h4-10H,3,11H2,1-2H3,(H,21,26). The Morgan fingerprint density at radius 2 is 2.07 bits per heavy atom. The minimum Gasteiger partial charge on any atom is -0.494 e.